The third-order valence-electron chi connectivity index (χ3n) is 6.18. The maximum Gasteiger partial charge on any atom is 0.179 e. The number of hydrogen-bond acceptors (Lipinski definition) is 6. The SMILES string of the molecule is CS(=O)(=O)c1ccc(-c2ccc(CNC3CCN(CC(=O)c4ccc(F)cc4F)CC3)cn2)cc1. The van der Waals surface area contributed by atoms with Crippen LogP contribution in [0.3, 0.4) is 0 Å². The minimum Gasteiger partial charge on any atom is -0.310 e. The molecule has 9 heteroatoms. The van der Waals surface area contributed by atoms with Crippen molar-refractivity contribution in [3.8, 4) is 11.3 Å². The average Bonchev–Trinajstić information content (AvgIpc) is 2.83. The lowest BCUT2D eigenvalue weighted by Crippen LogP contribution is -2.44. The number of piperidine rings is 1. The van der Waals surface area contributed by atoms with Gasteiger partial charge >= 0.3 is 0 Å². The van der Waals surface area contributed by atoms with Crippen LogP contribution in [-0.2, 0) is 16.4 Å². The van der Waals surface area contributed by atoms with E-state index in [0.717, 1.165) is 41.8 Å². The molecule has 184 valence electrons. The van der Waals surface area contributed by atoms with Gasteiger partial charge in [0.2, 0.25) is 0 Å². The third-order valence-corrected chi connectivity index (χ3v) is 7.31. The molecule has 2 aromatic carbocycles. The van der Waals surface area contributed by atoms with E-state index in [2.05, 4.69) is 10.3 Å². The van der Waals surface area contributed by atoms with Crippen LogP contribution in [-0.4, -0.2) is 56.0 Å². The number of nitrogens with zero attached hydrogens (tertiary/aromatic N) is 2. The maximum absolute atomic E-state index is 13.8. The van der Waals surface area contributed by atoms with E-state index in [1.165, 1.54) is 12.3 Å². The molecule has 1 aliphatic heterocycles. The van der Waals surface area contributed by atoms with Crippen LogP contribution < -0.4 is 5.32 Å². The molecule has 1 fully saturated rings. The van der Waals surface area contributed by atoms with E-state index in [1.807, 2.05) is 17.0 Å². The van der Waals surface area contributed by atoms with Gasteiger partial charge in [0.1, 0.15) is 11.6 Å². The minimum atomic E-state index is -3.23. The molecule has 0 bridgehead atoms. The summed E-state index contributed by atoms with van der Waals surface area (Å²) in [4.78, 5) is 19.1. The molecule has 1 saturated heterocycles. The predicted molar refractivity (Wildman–Crippen MR) is 130 cm³/mol. The number of pyridine rings is 1. The number of nitrogens with one attached hydrogen (secondary N) is 1. The summed E-state index contributed by atoms with van der Waals surface area (Å²) in [5.41, 5.74) is 2.57. The Balaban J connectivity index is 1.24. The Bertz CT molecular complexity index is 1290. The van der Waals surface area contributed by atoms with Crippen LogP contribution in [0.5, 0.6) is 0 Å². The third kappa shape index (κ3) is 6.56. The first-order valence-electron chi connectivity index (χ1n) is 11.4. The van der Waals surface area contributed by atoms with Crippen molar-refractivity contribution in [3.05, 3.63) is 83.6 Å². The zero-order valence-corrected chi connectivity index (χ0v) is 20.2. The number of carbonyl (C=O) groups excluding carboxylic acids is 1. The highest BCUT2D eigenvalue weighted by Gasteiger charge is 2.22. The Morgan fingerprint density at radius 1 is 1.06 bits per heavy atom. The number of carbonyl (C=O) groups is 1. The first-order valence-corrected chi connectivity index (χ1v) is 13.3. The minimum absolute atomic E-state index is 0.0751. The van der Waals surface area contributed by atoms with Crippen molar-refractivity contribution >= 4 is 15.6 Å². The molecule has 0 saturated carbocycles. The molecule has 6 nitrogen and oxygen atoms in total. The molecule has 0 unspecified atom stereocenters. The molecule has 1 aliphatic rings. The molecule has 0 spiro atoms. The molecule has 1 aromatic heterocycles. The fraction of sp³-hybridized carbons (Fsp3) is 0.308. The van der Waals surface area contributed by atoms with Crippen LogP contribution in [0.4, 0.5) is 8.78 Å². The quantitative estimate of drug-likeness (QED) is 0.474. The molecule has 0 amide bonds. The van der Waals surface area contributed by atoms with Crippen molar-refractivity contribution in [3.63, 3.8) is 0 Å². The zero-order chi connectivity index (χ0) is 25.0. The predicted octanol–water partition coefficient (Wildman–Crippen LogP) is 3.87. The molecule has 2 heterocycles. The number of hydrogen-bond donors (Lipinski definition) is 1. The van der Waals surface area contributed by atoms with Gasteiger partial charge in [0.15, 0.2) is 15.6 Å². The highest BCUT2D eigenvalue weighted by molar-refractivity contribution is 7.90. The summed E-state index contributed by atoms with van der Waals surface area (Å²) in [6, 6.07) is 13.9. The van der Waals surface area contributed by atoms with Crippen molar-refractivity contribution in [2.24, 2.45) is 0 Å². The van der Waals surface area contributed by atoms with Crippen molar-refractivity contribution in [1.29, 1.82) is 0 Å². The lowest BCUT2D eigenvalue weighted by Gasteiger charge is -2.32. The number of benzene rings is 2. The van der Waals surface area contributed by atoms with Gasteiger partial charge in [0.05, 0.1) is 22.7 Å². The molecule has 35 heavy (non-hydrogen) atoms. The van der Waals surface area contributed by atoms with E-state index in [9.17, 15) is 22.0 Å². The fourth-order valence-corrected chi connectivity index (χ4v) is 4.76. The molecule has 4 rings (SSSR count). The van der Waals surface area contributed by atoms with E-state index in [4.69, 9.17) is 0 Å². The Kier molecular flexibility index (Phi) is 7.69. The first-order chi connectivity index (χ1) is 16.7. The summed E-state index contributed by atoms with van der Waals surface area (Å²) in [7, 11) is -3.23. The number of aromatic nitrogens is 1. The van der Waals surface area contributed by atoms with Gasteiger partial charge in [-0.05, 0) is 48.7 Å². The molecule has 3 aromatic rings. The second kappa shape index (κ2) is 10.7. The van der Waals surface area contributed by atoms with Crippen LogP contribution in [0.15, 0.2) is 65.7 Å². The van der Waals surface area contributed by atoms with E-state index in [0.29, 0.717) is 25.7 Å². The number of sulfone groups is 1. The smallest absolute Gasteiger partial charge is 0.179 e. The van der Waals surface area contributed by atoms with E-state index in [-0.39, 0.29) is 22.8 Å². The van der Waals surface area contributed by atoms with Crippen molar-refractivity contribution < 1.29 is 22.0 Å². The average molecular weight is 500 g/mol. The monoisotopic (exact) mass is 499 g/mol. The van der Waals surface area contributed by atoms with E-state index >= 15 is 0 Å². The fourth-order valence-electron chi connectivity index (χ4n) is 4.13. The van der Waals surface area contributed by atoms with Crippen LogP contribution in [0, 0.1) is 11.6 Å². The van der Waals surface area contributed by atoms with Crippen LogP contribution in [0.25, 0.3) is 11.3 Å². The molecule has 1 N–H and O–H groups in total. The zero-order valence-electron chi connectivity index (χ0n) is 19.4. The Morgan fingerprint density at radius 2 is 1.77 bits per heavy atom. The summed E-state index contributed by atoms with van der Waals surface area (Å²) in [5.74, 6) is -1.86. The van der Waals surface area contributed by atoms with Crippen LogP contribution >= 0.6 is 0 Å². The van der Waals surface area contributed by atoms with Crippen LogP contribution in [0.2, 0.25) is 0 Å². The molecular weight excluding hydrogens is 472 g/mol. The van der Waals surface area contributed by atoms with Gasteiger partial charge in [-0.15, -0.1) is 0 Å². The van der Waals surface area contributed by atoms with Gasteiger partial charge in [0, 0.05) is 49.8 Å². The number of halogens is 2. The van der Waals surface area contributed by atoms with Crippen molar-refractivity contribution in [2.45, 2.75) is 30.3 Å². The second-order valence-electron chi connectivity index (χ2n) is 8.83. The van der Waals surface area contributed by atoms with Gasteiger partial charge in [-0.2, -0.15) is 0 Å². The Labute approximate surface area is 203 Å². The summed E-state index contributed by atoms with van der Waals surface area (Å²) >= 11 is 0. The van der Waals surface area contributed by atoms with E-state index < -0.39 is 21.5 Å². The topological polar surface area (TPSA) is 79.4 Å². The van der Waals surface area contributed by atoms with Gasteiger partial charge in [-0.1, -0.05) is 18.2 Å². The number of likely N-dealkylation sites (tertiary alicyclic amines) is 1. The Hall–Kier alpha value is -3.01. The van der Waals surface area contributed by atoms with Crippen molar-refractivity contribution in [2.75, 3.05) is 25.9 Å². The van der Waals surface area contributed by atoms with Gasteiger partial charge in [-0.25, -0.2) is 17.2 Å². The highest BCUT2D eigenvalue weighted by atomic mass is 32.2. The lowest BCUT2D eigenvalue weighted by atomic mass is 10.0. The molecule has 0 atom stereocenters. The van der Waals surface area contributed by atoms with Crippen LogP contribution in [0.1, 0.15) is 28.8 Å². The molecule has 0 radical (unpaired) electrons. The molecular formula is C26H27F2N3O3S. The number of rotatable bonds is 8. The van der Waals surface area contributed by atoms with Crippen molar-refractivity contribution in [1.82, 2.24) is 15.2 Å². The standard InChI is InChI=1S/C26H27F2N3O3S/c1-35(33,34)22-6-3-19(4-7-22)25-9-2-18(16-30-25)15-29-21-10-12-31(13-11-21)17-26(32)23-8-5-20(27)14-24(23)28/h2-9,14,16,21,29H,10-13,15,17H2,1H3. The van der Waals surface area contributed by atoms with Gasteiger partial charge < -0.3 is 5.32 Å². The summed E-state index contributed by atoms with van der Waals surface area (Å²) in [5, 5.41) is 3.52. The van der Waals surface area contributed by atoms with E-state index in [1.54, 1.807) is 30.5 Å². The first kappa shape index (κ1) is 25.1. The normalized spacial score (nSPS) is 15.3. The lowest BCUT2D eigenvalue weighted by molar-refractivity contribution is 0.0900. The summed E-state index contributed by atoms with van der Waals surface area (Å²) in [6.45, 7) is 2.20. The highest BCUT2D eigenvalue weighted by Crippen LogP contribution is 2.20. The maximum atomic E-state index is 13.8. The number of ketones is 1. The van der Waals surface area contributed by atoms with Gasteiger partial charge in [0.25, 0.3) is 0 Å². The Morgan fingerprint density at radius 3 is 2.37 bits per heavy atom. The summed E-state index contributed by atoms with van der Waals surface area (Å²) < 4.78 is 50.1. The second-order valence-corrected chi connectivity index (χ2v) is 10.8. The number of Topliss-reactive ketones (excluding diaryl/α,β-unsaturated/α-hetero) is 1. The van der Waals surface area contributed by atoms with Gasteiger partial charge in [-0.3, -0.25) is 14.7 Å². The summed E-state index contributed by atoms with van der Waals surface area (Å²) in [6.07, 6.45) is 4.70. The largest absolute Gasteiger partial charge is 0.310 e. The molecule has 0 aliphatic carbocycles.